The lowest BCUT2D eigenvalue weighted by Crippen LogP contribution is -2.17. The van der Waals surface area contributed by atoms with Crippen LogP contribution in [0.3, 0.4) is 0 Å². The van der Waals surface area contributed by atoms with Crippen LogP contribution in [0.4, 0.5) is 26.3 Å². The first-order valence-corrected chi connectivity index (χ1v) is 10.1. The van der Waals surface area contributed by atoms with Crippen LogP contribution >= 0.6 is 11.6 Å². The lowest BCUT2D eigenvalue weighted by Gasteiger charge is -2.24. The second kappa shape index (κ2) is 8.72. The fraction of sp³-hybridized carbons (Fsp3) is 0.286. The topological polar surface area (TPSA) is 86.5 Å². The van der Waals surface area contributed by atoms with Gasteiger partial charge in [0, 0.05) is 11.1 Å². The number of hydrogen-bond acceptors (Lipinski definition) is 5. The predicted molar refractivity (Wildman–Crippen MR) is 107 cm³/mol. The highest BCUT2D eigenvalue weighted by atomic mass is 35.5. The van der Waals surface area contributed by atoms with Gasteiger partial charge in [0.05, 0.1) is 29.8 Å². The molecule has 2 atom stereocenters. The van der Waals surface area contributed by atoms with Crippen LogP contribution in [0, 0.1) is 0 Å². The van der Waals surface area contributed by atoms with E-state index in [4.69, 9.17) is 21.1 Å². The second-order valence-corrected chi connectivity index (χ2v) is 7.83. The van der Waals surface area contributed by atoms with Crippen LogP contribution < -0.4 is 4.74 Å². The van der Waals surface area contributed by atoms with Crippen molar-refractivity contribution < 1.29 is 45.7 Å². The highest BCUT2D eigenvalue weighted by molar-refractivity contribution is 6.32. The monoisotopic (exact) mass is 521 g/mol. The molecule has 3 aromatic rings. The van der Waals surface area contributed by atoms with Gasteiger partial charge in [0.1, 0.15) is 18.0 Å². The van der Waals surface area contributed by atoms with E-state index in [0.29, 0.717) is 16.7 Å². The largest absolute Gasteiger partial charge is 0.495 e. The highest BCUT2D eigenvalue weighted by Crippen LogP contribution is 2.47. The fourth-order valence-corrected chi connectivity index (χ4v) is 4.10. The van der Waals surface area contributed by atoms with Crippen LogP contribution in [-0.4, -0.2) is 33.0 Å². The van der Waals surface area contributed by atoms with E-state index in [-0.39, 0.29) is 27.6 Å². The summed E-state index contributed by atoms with van der Waals surface area (Å²) in [6.45, 7) is 0. The molecule has 0 aliphatic carbocycles. The van der Waals surface area contributed by atoms with Gasteiger partial charge in [-0.25, -0.2) is 0 Å². The van der Waals surface area contributed by atoms with E-state index in [1.807, 2.05) is 0 Å². The average Bonchev–Trinajstić information content (AvgIpc) is 3.17. The lowest BCUT2D eigenvalue weighted by atomic mass is 9.97. The number of benzene rings is 2. The van der Waals surface area contributed by atoms with E-state index in [9.17, 15) is 36.2 Å². The molecule has 0 radical (unpaired) electrons. The highest BCUT2D eigenvalue weighted by Gasteiger charge is 2.44. The summed E-state index contributed by atoms with van der Waals surface area (Å²) in [6.07, 6.45) is -13.9. The van der Waals surface area contributed by atoms with Crippen LogP contribution in [0.5, 0.6) is 5.75 Å². The molecule has 0 saturated heterocycles. The maximum atomic E-state index is 13.8. The normalized spacial score (nSPS) is 17.9. The first kappa shape index (κ1) is 24.8. The summed E-state index contributed by atoms with van der Waals surface area (Å²) in [5.74, 6) is -3.42. The Kier molecular flexibility index (Phi) is 6.18. The van der Waals surface area contributed by atoms with Gasteiger partial charge in [-0.3, -0.25) is 9.36 Å². The maximum absolute atomic E-state index is 13.8. The third-order valence-corrected chi connectivity index (χ3v) is 5.67. The minimum Gasteiger partial charge on any atom is -0.495 e. The third-order valence-electron chi connectivity index (χ3n) is 5.26. The molecule has 14 heteroatoms. The number of halogens is 7. The Hall–Kier alpha value is -3.32. The zero-order valence-electron chi connectivity index (χ0n) is 17.5. The third kappa shape index (κ3) is 4.52. The molecular weight excluding hydrogens is 508 g/mol. The van der Waals surface area contributed by atoms with Crippen molar-refractivity contribution in [3.63, 3.8) is 0 Å². The molecule has 1 aromatic heterocycles. The van der Waals surface area contributed by atoms with Crippen molar-refractivity contribution in [1.29, 1.82) is 0 Å². The number of ether oxygens (including phenoxy) is 2. The minimum atomic E-state index is -5.06. The first-order valence-electron chi connectivity index (χ1n) is 9.76. The average molecular weight is 522 g/mol. The first-order chi connectivity index (χ1) is 16.3. The van der Waals surface area contributed by atoms with Gasteiger partial charge in [-0.05, 0) is 24.3 Å². The number of rotatable bonds is 4. The fourth-order valence-electron chi connectivity index (χ4n) is 3.80. The van der Waals surface area contributed by atoms with Crippen molar-refractivity contribution in [2.45, 2.75) is 31.0 Å². The number of aromatic nitrogens is 3. The van der Waals surface area contributed by atoms with Crippen molar-refractivity contribution in [3.8, 4) is 11.4 Å². The van der Waals surface area contributed by atoms with Gasteiger partial charge in [-0.2, -0.15) is 26.3 Å². The van der Waals surface area contributed by atoms with Crippen molar-refractivity contribution >= 4 is 17.6 Å². The van der Waals surface area contributed by atoms with Crippen LogP contribution in [0.1, 0.15) is 47.0 Å². The molecule has 7 nitrogen and oxygen atoms in total. The van der Waals surface area contributed by atoms with Crippen LogP contribution in [0.15, 0.2) is 36.4 Å². The van der Waals surface area contributed by atoms with Gasteiger partial charge in [0.2, 0.25) is 5.82 Å². The Bertz CT molecular complexity index is 1290. The molecule has 4 rings (SSSR count). The molecule has 1 N–H and O–H groups in total. The number of carboxylic acids is 1. The molecule has 2 aromatic carbocycles. The number of carboxylic acid groups (broad SMARTS) is 1. The van der Waals surface area contributed by atoms with Crippen LogP contribution in [-0.2, 0) is 21.9 Å². The van der Waals surface area contributed by atoms with E-state index in [0.717, 1.165) is 6.07 Å². The SMILES string of the molecule is COc1cccc([C@H]2O[C@H](CC(=O)O)c3nnc(C(F)(F)F)n3-c3ccc(C(F)(F)F)cc32)c1Cl. The lowest BCUT2D eigenvalue weighted by molar-refractivity contribution is -0.146. The second-order valence-electron chi connectivity index (χ2n) is 7.45. The number of aliphatic carboxylic acids is 1. The summed E-state index contributed by atoms with van der Waals surface area (Å²) in [5, 5.41) is 15.9. The summed E-state index contributed by atoms with van der Waals surface area (Å²) < 4.78 is 93.5. The van der Waals surface area contributed by atoms with Gasteiger partial charge in [-0.1, -0.05) is 23.7 Å². The Morgan fingerprint density at radius 3 is 2.43 bits per heavy atom. The van der Waals surface area contributed by atoms with E-state index >= 15 is 0 Å². The number of carbonyl (C=O) groups is 1. The number of methoxy groups -OCH3 is 1. The van der Waals surface area contributed by atoms with E-state index in [1.165, 1.54) is 25.3 Å². The molecule has 1 aliphatic heterocycles. The smallest absolute Gasteiger partial charge is 0.452 e. The maximum Gasteiger partial charge on any atom is 0.452 e. The zero-order chi connectivity index (χ0) is 25.7. The molecular formula is C21H14ClF6N3O4. The summed E-state index contributed by atoms with van der Waals surface area (Å²) in [4.78, 5) is 11.5. The molecule has 186 valence electrons. The summed E-state index contributed by atoms with van der Waals surface area (Å²) in [7, 11) is 1.29. The van der Waals surface area contributed by atoms with Crippen LogP contribution in [0.2, 0.25) is 5.02 Å². The summed E-state index contributed by atoms with van der Waals surface area (Å²) >= 11 is 6.38. The van der Waals surface area contributed by atoms with E-state index < -0.39 is 54.2 Å². The van der Waals surface area contributed by atoms with Crippen molar-refractivity contribution in [2.24, 2.45) is 0 Å². The Balaban J connectivity index is 2.07. The Morgan fingerprint density at radius 1 is 1.11 bits per heavy atom. The number of alkyl halides is 6. The van der Waals surface area contributed by atoms with Crippen LogP contribution in [0.25, 0.3) is 5.69 Å². The molecule has 2 heterocycles. The molecule has 1 aliphatic rings. The van der Waals surface area contributed by atoms with E-state index in [2.05, 4.69) is 10.2 Å². The Labute approximate surface area is 197 Å². The molecule has 0 saturated carbocycles. The van der Waals surface area contributed by atoms with Gasteiger partial charge in [0.25, 0.3) is 0 Å². The number of fused-ring (bicyclic) bond motifs is 3. The van der Waals surface area contributed by atoms with Crippen molar-refractivity contribution in [3.05, 3.63) is 69.8 Å². The predicted octanol–water partition coefficient (Wildman–Crippen LogP) is 5.60. The summed E-state index contributed by atoms with van der Waals surface area (Å²) in [5.41, 5.74) is -1.84. The van der Waals surface area contributed by atoms with Gasteiger partial charge < -0.3 is 14.6 Å². The van der Waals surface area contributed by atoms with Crippen molar-refractivity contribution in [2.75, 3.05) is 7.11 Å². The molecule has 0 unspecified atom stereocenters. The number of hydrogen-bond donors (Lipinski definition) is 1. The zero-order valence-corrected chi connectivity index (χ0v) is 18.2. The van der Waals surface area contributed by atoms with Gasteiger partial charge in [-0.15, -0.1) is 10.2 Å². The van der Waals surface area contributed by atoms with Gasteiger partial charge >= 0.3 is 18.3 Å². The molecule has 0 fully saturated rings. The molecule has 0 bridgehead atoms. The number of nitrogens with zero attached hydrogens (tertiary/aromatic N) is 3. The minimum absolute atomic E-state index is 0.0502. The molecule has 35 heavy (non-hydrogen) atoms. The molecule has 0 spiro atoms. The van der Waals surface area contributed by atoms with Gasteiger partial charge in [0.15, 0.2) is 5.82 Å². The van der Waals surface area contributed by atoms with E-state index in [1.54, 1.807) is 0 Å². The standard InChI is InChI=1S/C21H14ClF6N3O4/c1-34-13-4-2-3-10(16(13)22)17-11-7-9(20(23,24)25)5-6-12(11)31-18(14(35-17)8-15(32)33)29-30-19(31)21(26,27)28/h2-7,14,17H,8H2,1H3,(H,32,33)/t14-,17-/m1/s1. The molecule has 0 amide bonds. The summed E-state index contributed by atoms with van der Waals surface area (Å²) in [6, 6.07) is 6.35. The van der Waals surface area contributed by atoms with Crippen molar-refractivity contribution in [1.82, 2.24) is 14.8 Å². The Morgan fingerprint density at radius 2 is 1.83 bits per heavy atom. The quantitative estimate of drug-likeness (QED) is 0.450.